The SMILES string of the molecule is CC1=C(N)C(=O)N(C(=O)OCc2ccccc2)C(=O)/C1=N/C1=Cc2sc3c(c2C1(C(=O)OCc1ccccc1)C(=O)OCc1ccccc1)C(C(=O)OCc1ccccc1)(C(=O)OCc1ccccc1)c1cc(/N=C2/C(=O)N(C(=O)OCc4ccccc4)C(=O)C(C#N)=C2C)sc1-3. The smallest absolute Gasteiger partial charge is 0.424 e. The molecule has 24 heteroatoms. The second-order valence-corrected chi connectivity index (χ2v) is 24.3. The first-order chi connectivity index (χ1) is 47.0. The zero-order valence-corrected chi connectivity index (χ0v) is 53.0. The van der Waals surface area contributed by atoms with Crippen LogP contribution in [-0.4, -0.2) is 80.9 Å². The summed E-state index contributed by atoms with van der Waals surface area (Å²) in [5.74, 6) is -10.7. The topological polar surface area (TPSA) is 307 Å². The third-order valence-corrected chi connectivity index (χ3v) is 18.6. The van der Waals surface area contributed by atoms with Crippen LogP contribution in [0.25, 0.3) is 15.8 Å². The molecular weight excluding hydrogens is 1280 g/mol. The molecular formula is C73H52N6O16S2. The Bertz CT molecular complexity index is 4670. The van der Waals surface area contributed by atoms with E-state index in [1.54, 1.807) is 188 Å². The molecule has 0 bridgehead atoms. The highest BCUT2D eigenvalue weighted by Crippen LogP contribution is 2.65. The summed E-state index contributed by atoms with van der Waals surface area (Å²) in [7, 11) is 0. The highest BCUT2D eigenvalue weighted by atomic mass is 32.1. The van der Waals surface area contributed by atoms with Gasteiger partial charge in [0.05, 0.1) is 15.5 Å². The van der Waals surface area contributed by atoms with Crippen LogP contribution in [0.3, 0.4) is 0 Å². The van der Waals surface area contributed by atoms with Crippen LogP contribution >= 0.6 is 22.7 Å². The number of hydrogen-bond donors (Lipinski definition) is 1. The fourth-order valence-electron chi connectivity index (χ4n) is 11.3. The molecule has 4 aliphatic rings. The molecule has 12 rings (SSSR count). The molecule has 0 saturated heterocycles. The number of hydrogen-bond acceptors (Lipinski definition) is 22. The second kappa shape index (κ2) is 27.3. The monoisotopic (exact) mass is 1330 g/mol. The number of aliphatic imine (C=N–C) groups is 2. The maximum atomic E-state index is 16.3. The number of carbonyl (C=O) groups excluding carboxylic acids is 10. The van der Waals surface area contributed by atoms with Crippen LogP contribution in [0.15, 0.2) is 226 Å². The summed E-state index contributed by atoms with van der Waals surface area (Å²) in [6.45, 7) is -0.235. The lowest BCUT2D eigenvalue weighted by atomic mass is 9.70. The summed E-state index contributed by atoms with van der Waals surface area (Å²) < 4.78 is 35.8. The molecule has 0 radical (unpaired) electrons. The van der Waals surface area contributed by atoms with E-state index in [0.29, 0.717) is 33.4 Å². The standard InChI is InChI=1S/C73H52N6O16S2/c1-42-50(35-74)62(80)78(70(88)94-40-48-29-17-7-18-30-48)64(82)58(42)77-54-33-51-60(97-54)61-56(72(51,66(84)90-36-44-21-9-3-10-22-44)67(85)91-37-45-23-11-4-12-24-45)55-52(96-61)34-53(76-59-43(2)57(75)63(81)79(65(59)83)71(89)95-41-49-31-19-8-20-32-49)73(55,68(86)92-38-46-25-13-5-14-26-46)69(87)93-39-47-27-15-6-16-28-47/h3-34H,36-41,75H2,1-2H3/b76-59+,77-58+. The Labute approximate surface area is 560 Å². The minimum absolute atomic E-state index is 0.0251. The van der Waals surface area contributed by atoms with Gasteiger partial charge in [-0.15, -0.1) is 22.7 Å². The minimum Gasteiger partial charge on any atom is -0.459 e. The molecule has 482 valence electrons. The fourth-order valence-corrected chi connectivity index (χ4v) is 13.9. The number of imide groups is 6. The van der Waals surface area contributed by atoms with Crippen molar-refractivity contribution >= 4 is 105 Å². The normalized spacial score (nSPS) is 15.9. The molecule has 0 unspecified atom stereocenters. The first kappa shape index (κ1) is 64.8. The van der Waals surface area contributed by atoms with Crippen molar-refractivity contribution in [1.29, 1.82) is 5.26 Å². The summed E-state index contributed by atoms with van der Waals surface area (Å²) >= 11 is 1.61. The van der Waals surface area contributed by atoms with Crippen molar-refractivity contribution < 1.29 is 76.4 Å². The molecule has 0 spiro atoms. The van der Waals surface area contributed by atoms with Gasteiger partial charge in [0.15, 0.2) is 0 Å². The molecule has 97 heavy (non-hydrogen) atoms. The largest absolute Gasteiger partial charge is 0.459 e. The molecule has 22 nitrogen and oxygen atoms in total. The molecule has 2 aliphatic carbocycles. The average molecular weight is 1330 g/mol. The van der Waals surface area contributed by atoms with Gasteiger partial charge in [0.2, 0.25) is 10.8 Å². The van der Waals surface area contributed by atoms with E-state index < -0.39 is 138 Å². The van der Waals surface area contributed by atoms with Crippen LogP contribution in [0.5, 0.6) is 0 Å². The van der Waals surface area contributed by atoms with Gasteiger partial charge in [-0.3, -0.25) is 38.4 Å². The van der Waals surface area contributed by atoms with Crippen molar-refractivity contribution in [2.75, 3.05) is 0 Å². The summed E-state index contributed by atoms with van der Waals surface area (Å²) in [6.07, 6.45) is -1.63. The van der Waals surface area contributed by atoms with Gasteiger partial charge in [0.25, 0.3) is 23.6 Å². The number of nitrogens with two attached hydrogens (primary N) is 1. The number of carbonyl (C=O) groups is 10. The Morgan fingerprint density at radius 1 is 0.454 bits per heavy atom. The number of fused-ring (bicyclic) bond motifs is 5. The molecule has 4 heterocycles. The minimum atomic E-state index is -3.11. The Morgan fingerprint density at radius 3 is 1.21 bits per heavy atom. The van der Waals surface area contributed by atoms with Crippen molar-refractivity contribution in [3.05, 3.63) is 271 Å². The zero-order valence-electron chi connectivity index (χ0n) is 51.4. The first-order valence-electron chi connectivity index (χ1n) is 29.8. The molecule has 2 aromatic heterocycles. The number of nitrogens with zero attached hydrogens (tertiary/aromatic N) is 5. The van der Waals surface area contributed by atoms with Gasteiger partial charge in [-0.05, 0) is 59.4 Å². The third-order valence-electron chi connectivity index (χ3n) is 16.2. The van der Waals surface area contributed by atoms with Gasteiger partial charge in [0, 0.05) is 32.7 Å². The average Bonchev–Trinajstić information content (AvgIpc) is 1.50. The van der Waals surface area contributed by atoms with Crippen molar-refractivity contribution in [2.45, 2.75) is 64.3 Å². The number of nitriles is 1. The fraction of sp³-hybridized carbons (Fsp3) is 0.137. The first-order valence-corrected chi connectivity index (χ1v) is 31.4. The number of benzene rings is 6. The number of esters is 4. The van der Waals surface area contributed by atoms with Gasteiger partial charge in [-0.2, -0.15) is 15.1 Å². The van der Waals surface area contributed by atoms with Crippen molar-refractivity contribution in [1.82, 2.24) is 9.80 Å². The number of thiophene rings is 2. The lowest BCUT2D eigenvalue weighted by molar-refractivity contribution is -0.167. The van der Waals surface area contributed by atoms with E-state index in [0.717, 1.165) is 22.7 Å². The van der Waals surface area contributed by atoms with Gasteiger partial charge in [-0.1, -0.05) is 182 Å². The maximum Gasteiger partial charge on any atom is 0.424 e. The van der Waals surface area contributed by atoms with Crippen LogP contribution in [0, 0.1) is 11.3 Å². The summed E-state index contributed by atoms with van der Waals surface area (Å²) in [4.78, 5) is 160. The molecule has 0 atom stereocenters. The van der Waals surface area contributed by atoms with E-state index in [1.807, 2.05) is 0 Å². The van der Waals surface area contributed by atoms with Gasteiger partial charge in [-0.25, -0.2) is 19.6 Å². The van der Waals surface area contributed by atoms with Crippen molar-refractivity contribution in [3.8, 4) is 15.8 Å². The molecule has 6 amide bonds. The van der Waals surface area contributed by atoms with E-state index >= 15 is 19.2 Å². The van der Waals surface area contributed by atoms with Gasteiger partial charge < -0.3 is 34.2 Å². The van der Waals surface area contributed by atoms with E-state index in [-0.39, 0.29) is 58.3 Å². The molecule has 0 fully saturated rings. The van der Waals surface area contributed by atoms with Crippen LogP contribution in [-0.2, 0) is 117 Å². The second-order valence-electron chi connectivity index (χ2n) is 22.2. The van der Waals surface area contributed by atoms with Crippen LogP contribution in [0.2, 0.25) is 0 Å². The number of rotatable bonds is 18. The molecule has 8 aromatic rings. The molecule has 0 saturated carbocycles. The zero-order chi connectivity index (χ0) is 68.1. The van der Waals surface area contributed by atoms with Gasteiger partial charge >= 0.3 is 36.1 Å². The van der Waals surface area contributed by atoms with Gasteiger partial charge in [0.1, 0.15) is 73.4 Å². The predicted octanol–water partition coefficient (Wildman–Crippen LogP) is 10.6. The highest BCUT2D eigenvalue weighted by Gasteiger charge is 2.69. The maximum absolute atomic E-state index is 16.3. The molecule has 2 aliphatic heterocycles. The number of ether oxygens (including phenoxy) is 6. The summed E-state index contributed by atoms with van der Waals surface area (Å²) in [5, 5.41) is 10.2. The van der Waals surface area contributed by atoms with Crippen LogP contribution < -0.4 is 5.73 Å². The molecule has 6 aromatic carbocycles. The highest BCUT2D eigenvalue weighted by molar-refractivity contribution is 7.25. The van der Waals surface area contributed by atoms with E-state index in [9.17, 15) is 34.0 Å². The van der Waals surface area contributed by atoms with Crippen molar-refractivity contribution in [2.24, 2.45) is 15.7 Å². The van der Waals surface area contributed by atoms with Crippen LogP contribution in [0.1, 0.15) is 68.8 Å². The number of amides is 6. The summed E-state index contributed by atoms with van der Waals surface area (Å²) in [6, 6.07) is 53.2. The van der Waals surface area contributed by atoms with E-state index in [1.165, 1.54) is 26.0 Å². The lowest BCUT2D eigenvalue weighted by Crippen LogP contribution is -2.53. The quantitative estimate of drug-likeness (QED) is 0.0361. The Kier molecular flexibility index (Phi) is 18.2. The Hall–Kier alpha value is -12.3. The van der Waals surface area contributed by atoms with E-state index in [4.69, 9.17) is 39.1 Å². The summed E-state index contributed by atoms with van der Waals surface area (Å²) in [5.41, 5.74) is -1.65. The lowest BCUT2D eigenvalue weighted by Gasteiger charge is -2.33. The van der Waals surface area contributed by atoms with Crippen molar-refractivity contribution in [3.63, 3.8) is 0 Å². The molecule has 2 N–H and O–H groups in total. The Morgan fingerprint density at radius 2 is 0.814 bits per heavy atom. The van der Waals surface area contributed by atoms with E-state index in [2.05, 4.69) is 4.99 Å². The Balaban J connectivity index is 1.09. The predicted molar refractivity (Wildman–Crippen MR) is 350 cm³/mol. The third kappa shape index (κ3) is 12.0. The van der Waals surface area contributed by atoms with Crippen LogP contribution in [0.4, 0.5) is 14.6 Å².